The molecule has 0 aliphatic heterocycles. The number of benzene rings is 1. The second kappa shape index (κ2) is 6.84. The van der Waals surface area contributed by atoms with Gasteiger partial charge in [0.15, 0.2) is 5.82 Å². The summed E-state index contributed by atoms with van der Waals surface area (Å²) in [5, 5.41) is 23.0. The number of nitro groups is 1. The average molecular weight is 376 g/mol. The highest BCUT2D eigenvalue weighted by atomic mass is 35.5. The number of nitrogen functional groups attached to an aromatic ring is 1. The smallest absolute Gasteiger partial charge is 0.299 e. The van der Waals surface area contributed by atoms with Crippen molar-refractivity contribution >= 4 is 29.5 Å². The number of hydrogen-bond donors (Lipinski definition) is 2. The first-order valence-electron chi connectivity index (χ1n) is 7.38. The van der Waals surface area contributed by atoms with Gasteiger partial charge in [0.05, 0.1) is 16.7 Å². The second-order valence-electron chi connectivity index (χ2n) is 5.36. The van der Waals surface area contributed by atoms with Crippen LogP contribution in [-0.4, -0.2) is 26.0 Å². The van der Waals surface area contributed by atoms with Crippen LogP contribution in [0, 0.1) is 24.0 Å². The van der Waals surface area contributed by atoms with E-state index in [1.807, 2.05) is 0 Å². The van der Waals surface area contributed by atoms with Gasteiger partial charge in [0, 0.05) is 0 Å². The van der Waals surface area contributed by atoms with Crippen LogP contribution in [0.15, 0.2) is 33.8 Å². The predicted octanol–water partition coefficient (Wildman–Crippen LogP) is 2.88. The molecule has 3 aromatic rings. The van der Waals surface area contributed by atoms with Gasteiger partial charge < -0.3 is 10.3 Å². The Balaban J connectivity index is 1.84. The molecule has 0 saturated heterocycles. The van der Waals surface area contributed by atoms with Crippen LogP contribution in [0.5, 0.6) is 0 Å². The summed E-state index contributed by atoms with van der Waals surface area (Å²) in [6.07, 6.45) is 1.38. The van der Waals surface area contributed by atoms with E-state index >= 15 is 0 Å². The summed E-state index contributed by atoms with van der Waals surface area (Å²) in [6, 6.07) is 6.51. The molecule has 0 fully saturated rings. The van der Waals surface area contributed by atoms with Crippen molar-refractivity contribution in [3.8, 4) is 11.3 Å². The van der Waals surface area contributed by atoms with Gasteiger partial charge in [-0.15, -0.1) is 10.2 Å². The zero-order chi connectivity index (χ0) is 18.8. The molecule has 0 amide bonds. The molecule has 0 aliphatic rings. The molecule has 10 nitrogen and oxygen atoms in total. The lowest BCUT2D eigenvalue weighted by Gasteiger charge is -2.04. The molecular weight excluding hydrogens is 362 g/mol. The molecule has 0 aliphatic carbocycles. The van der Waals surface area contributed by atoms with Gasteiger partial charge in [-0.25, -0.2) is 10.1 Å². The molecule has 11 heteroatoms. The van der Waals surface area contributed by atoms with Crippen molar-refractivity contribution < 1.29 is 9.34 Å². The van der Waals surface area contributed by atoms with Crippen molar-refractivity contribution in [2.24, 2.45) is 5.10 Å². The molecule has 0 radical (unpaired) electrons. The fourth-order valence-electron chi connectivity index (χ4n) is 2.21. The van der Waals surface area contributed by atoms with Crippen molar-refractivity contribution in [2.45, 2.75) is 13.8 Å². The van der Waals surface area contributed by atoms with E-state index in [1.165, 1.54) is 10.9 Å². The molecule has 3 N–H and O–H groups in total. The highest BCUT2D eigenvalue weighted by molar-refractivity contribution is 6.34. The Kier molecular flexibility index (Phi) is 4.59. The minimum absolute atomic E-state index is 0.0819. The van der Waals surface area contributed by atoms with Crippen molar-refractivity contribution in [2.75, 3.05) is 11.3 Å². The summed E-state index contributed by atoms with van der Waals surface area (Å²) < 4.78 is 6.84. The number of furan rings is 1. The van der Waals surface area contributed by atoms with E-state index in [-0.39, 0.29) is 22.2 Å². The first-order chi connectivity index (χ1) is 12.4. The van der Waals surface area contributed by atoms with E-state index in [4.69, 9.17) is 21.9 Å². The highest BCUT2D eigenvalue weighted by Crippen LogP contribution is 2.38. The molecule has 0 atom stereocenters. The third kappa shape index (κ3) is 3.22. The van der Waals surface area contributed by atoms with Gasteiger partial charge in [-0.1, -0.05) is 17.7 Å². The Morgan fingerprint density at radius 3 is 2.77 bits per heavy atom. The summed E-state index contributed by atoms with van der Waals surface area (Å²) in [4.78, 5) is 10.8. The molecule has 3 rings (SSSR count). The molecule has 26 heavy (non-hydrogen) atoms. The minimum atomic E-state index is -0.529. The van der Waals surface area contributed by atoms with Crippen LogP contribution in [0.25, 0.3) is 11.3 Å². The van der Waals surface area contributed by atoms with Crippen LogP contribution < -0.4 is 11.3 Å². The predicted molar refractivity (Wildman–Crippen MR) is 96.7 cm³/mol. The first kappa shape index (κ1) is 17.4. The zero-order valence-electron chi connectivity index (χ0n) is 13.8. The van der Waals surface area contributed by atoms with E-state index in [0.717, 1.165) is 0 Å². The average Bonchev–Trinajstić information content (AvgIpc) is 3.19. The standard InChI is InChI=1S/C15H14ClN7O3/c1-8-3-5-11(14(13(8)16)23(24)25)12-6-4-10(26-12)7-18-20-15-21-19-9(2)22(15)17/h3-7H,17H2,1-2H3,(H,20,21). The number of nitrogens with two attached hydrogens (primary N) is 1. The summed E-state index contributed by atoms with van der Waals surface area (Å²) in [5.74, 6) is 7.14. The zero-order valence-corrected chi connectivity index (χ0v) is 14.6. The van der Waals surface area contributed by atoms with E-state index in [9.17, 15) is 10.1 Å². The second-order valence-corrected chi connectivity index (χ2v) is 5.74. The summed E-state index contributed by atoms with van der Waals surface area (Å²) >= 11 is 6.07. The Labute approximate surface area is 152 Å². The quantitative estimate of drug-likeness (QED) is 0.302. The normalized spacial score (nSPS) is 11.2. The third-order valence-electron chi connectivity index (χ3n) is 3.61. The van der Waals surface area contributed by atoms with Crippen molar-refractivity contribution in [1.29, 1.82) is 0 Å². The number of halogens is 1. The van der Waals surface area contributed by atoms with Crippen LogP contribution in [0.4, 0.5) is 11.6 Å². The SMILES string of the molecule is Cc1ccc(-c2ccc(C=NNc3nnc(C)n3N)o2)c([N+](=O)[O-])c1Cl. The molecule has 2 heterocycles. The fraction of sp³-hybridized carbons (Fsp3) is 0.133. The molecule has 1 aromatic carbocycles. The summed E-state index contributed by atoms with van der Waals surface area (Å²) in [5.41, 5.74) is 3.32. The number of aromatic nitrogens is 3. The number of nitro benzene ring substituents is 1. The number of rotatable bonds is 5. The van der Waals surface area contributed by atoms with Gasteiger partial charge in [-0.3, -0.25) is 10.1 Å². The van der Waals surface area contributed by atoms with Crippen molar-refractivity contribution in [1.82, 2.24) is 14.9 Å². The van der Waals surface area contributed by atoms with Gasteiger partial charge in [-0.05, 0) is 37.6 Å². The van der Waals surface area contributed by atoms with Crippen LogP contribution >= 0.6 is 11.6 Å². The Morgan fingerprint density at radius 1 is 1.35 bits per heavy atom. The molecule has 134 valence electrons. The number of anilines is 1. The summed E-state index contributed by atoms with van der Waals surface area (Å²) in [6.45, 7) is 3.39. The maximum absolute atomic E-state index is 11.4. The largest absolute Gasteiger partial charge is 0.455 e. The van der Waals surface area contributed by atoms with Crippen LogP contribution in [-0.2, 0) is 0 Å². The third-order valence-corrected chi connectivity index (χ3v) is 4.08. The highest BCUT2D eigenvalue weighted by Gasteiger charge is 2.23. The Hall–Kier alpha value is -3.40. The topological polar surface area (TPSA) is 137 Å². The van der Waals surface area contributed by atoms with Crippen LogP contribution in [0.2, 0.25) is 5.02 Å². The van der Waals surface area contributed by atoms with Crippen LogP contribution in [0.1, 0.15) is 17.1 Å². The van der Waals surface area contributed by atoms with E-state index in [2.05, 4.69) is 20.7 Å². The first-order valence-corrected chi connectivity index (χ1v) is 7.76. The van der Waals surface area contributed by atoms with E-state index in [0.29, 0.717) is 22.9 Å². The lowest BCUT2D eigenvalue weighted by Crippen LogP contribution is -2.13. The van der Waals surface area contributed by atoms with Crippen LogP contribution in [0.3, 0.4) is 0 Å². The van der Waals surface area contributed by atoms with Gasteiger partial charge in [0.1, 0.15) is 16.5 Å². The molecule has 0 bridgehead atoms. The number of nitrogens with one attached hydrogen (secondary N) is 1. The number of hydrogen-bond acceptors (Lipinski definition) is 8. The van der Waals surface area contributed by atoms with Gasteiger partial charge in [-0.2, -0.15) is 5.10 Å². The number of nitrogens with zero attached hydrogens (tertiary/aromatic N) is 5. The van der Waals surface area contributed by atoms with E-state index in [1.54, 1.807) is 38.1 Å². The van der Waals surface area contributed by atoms with E-state index < -0.39 is 4.92 Å². The van der Waals surface area contributed by atoms with Gasteiger partial charge in [0.25, 0.3) is 11.6 Å². The lowest BCUT2D eigenvalue weighted by molar-refractivity contribution is -0.384. The number of aryl methyl sites for hydroxylation is 2. The Morgan fingerprint density at radius 2 is 2.12 bits per heavy atom. The van der Waals surface area contributed by atoms with Gasteiger partial charge >= 0.3 is 0 Å². The van der Waals surface area contributed by atoms with Crippen molar-refractivity contribution in [3.63, 3.8) is 0 Å². The minimum Gasteiger partial charge on any atom is -0.455 e. The fourth-order valence-corrected chi connectivity index (χ4v) is 2.44. The number of hydrazone groups is 1. The molecule has 0 saturated carbocycles. The molecule has 0 unspecified atom stereocenters. The monoisotopic (exact) mass is 375 g/mol. The summed E-state index contributed by atoms with van der Waals surface area (Å²) in [7, 11) is 0. The molecular formula is C15H14ClN7O3. The van der Waals surface area contributed by atoms with Gasteiger partial charge in [0.2, 0.25) is 0 Å². The Bertz CT molecular complexity index is 1010. The molecule has 2 aromatic heterocycles. The molecule has 0 spiro atoms. The van der Waals surface area contributed by atoms with Crippen molar-refractivity contribution in [3.05, 3.63) is 56.6 Å². The maximum atomic E-state index is 11.4. The maximum Gasteiger partial charge on any atom is 0.299 e. The lowest BCUT2D eigenvalue weighted by atomic mass is 10.1.